The zero-order valence-corrected chi connectivity index (χ0v) is 19.2. The van der Waals surface area contributed by atoms with E-state index >= 15 is 0 Å². The summed E-state index contributed by atoms with van der Waals surface area (Å²) in [6.07, 6.45) is 1.57. The van der Waals surface area contributed by atoms with Crippen LogP contribution in [0.1, 0.15) is 16.1 Å². The van der Waals surface area contributed by atoms with Crippen LogP contribution in [-0.4, -0.2) is 21.3 Å². The lowest BCUT2D eigenvalue weighted by atomic mass is 10.1. The SMILES string of the molecule is O=C(O)c1cc(-c2ccc(/C=C3\SC(=S)N(c4ccc(Cl)cc4Cl)C3=O)o2)ccc1Cl. The lowest BCUT2D eigenvalue weighted by Crippen LogP contribution is -2.27. The second-order valence-corrected chi connectivity index (χ2v) is 9.24. The second kappa shape index (κ2) is 8.68. The van der Waals surface area contributed by atoms with Gasteiger partial charge in [0.2, 0.25) is 0 Å². The largest absolute Gasteiger partial charge is 0.478 e. The molecule has 1 N–H and O–H groups in total. The number of thiocarbonyl (C=S) groups is 1. The molecule has 0 aliphatic carbocycles. The number of hydrogen-bond donors (Lipinski definition) is 1. The maximum Gasteiger partial charge on any atom is 0.337 e. The van der Waals surface area contributed by atoms with Gasteiger partial charge in [0.05, 0.1) is 26.2 Å². The molecule has 5 nitrogen and oxygen atoms in total. The monoisotopic (exact) mass is 509 g/mol. The molecular weight excluding hydrogens is 501 g/mol. The molecule has 4 rings (SSSR count). The maximum atomic E-state index is 12.9. The Bertz CT molecular complexity index is 1290. The fourth-order valence-corrected chi connectivity index (χ4v) is 4.85. The zero-order chi connectivity index (χ0) is 22.3. The topological polar surface area (TPSA) is 70.8 Å². The van der Waals surface area contributed by atoms with Crippen molar-refractivity contribution in [2.24, 2.45) is 0 Å². The number of anilines is 1. The first-order valence-electron chi connectivity index (χ1n) is 8.60. The molecule has 0 bridgehead atoms. The van der Waals surface area contributed by atoms with E-state index in [-0.39, 0.29) is 16.5 Å². The summed E-state index contributed by atoms with van der Waals surface area (Å²) in [4.78, 5) is 25.9. The number of aromatic carboxylic acids is 1. The van der Waals surface area contributed by atoms with Crippen LogP contribution >= 0.6 is 58.8 Å². The Kier molecular flexibility index (Phi) is 6.14. The Balaban J connectivity index is 1.63. The van der Waals surface area contributed by atoms with Gasteiger partial charge in [-0.3, -0.25) is 9.69 Å². The number of rotatable bonds is 4. The third-order valence-corrected chi connectivity index (χ3v) is 6.50. The van der Waals surface area contributed by atoms with Gasteiger partial charge in [-0.1, -0.05) is 58.8 Å². The Morgan fingerprint density at radius 2 is 1.84 bits per heavy atom. The minimum Gasteiger partial charge on any atom is -0.478 e. The molecule has 2 aromatic carbocycles. The number of carbonyl (C=O) groups excluding carboxylic acids is 1. The van der Waals surface area contributed by atoms with Crippen LogP contribution in [0.5, 0.6) is 0 Å². The molecule has 1 fully saturated rings. The highest BCUT2D eigenvalue weighted by Crippen LogP contribution is 2.40. The number of halogens is 3. The van der Waals surface area contributed by atoms with E-state index in [2.05, 4.69) is 0 Å². The highest BCUT2D eigenvalue weighted by atomic mass is 35.5. The van der Waals surface area contributed by atoms with Crippen LogP contribution in [0.2, 0.25) is 15.1 Å². The first kappa shape index (κ1) is 21.9. The summed E-state index contributed by atoms with van der Waals surface area (Å²) in [7, 11) is 0. The van der Waals surface area contributed by atoms with E-state index < -0.39 is 5.97 Å². The lowest BCUT2D eigenvalue weighted by molar-refractivity contribution is -0.113. The molecule has 156 valence electrons. The van der Waals surface area contributed by atoms with E-state index in [0.717, 1.165) is 11.8 Å². The number of amides is 1. The third-order valence-electron chi connectivity index (χ3n) is 4.33. The van der Waals surface area contributed by atoms with E-state index in [4.69, 9.17) is 51.4 Å². The highest BCUT2D eigenvalue weighted by molar-refractivity contribution is 8.27. The molecule has 0 saturated carbocycles. The van der Waals surface area contributed by atoms with E-state index in [9.17, 15) is 14.7 Å². The van der Waals surface area contributed by atoms with Crippen molar-refractivity contribution < 1.29 is 19.1 Å². The number of carboxylic acid groups (broad SMARTS) is 1. The van der Waals surface area contributed by atoms with E-state index in [1.54, 1.807) is 36.4 Å². The van der Waals surface area contributed by atoms with E-state index in [1.165, 1.54) is 23.1 Å². The fraction of sp³-hybridized carbons (Fsp3) is 0. The number of benzene rings is 2. The number of thioether (sulfide) groups is 1. The molecule has 2 heterocycles. The predicted molar refractivity (Wildman–Crippen MR) is 128 cm³/mol. The van der Waals surface area contributed by atoms with Crippen molar-refractivity contribution in [1.82, 2.24) is 0 Å². The van der Waals surface area contributed by atoms with Crippen LogP contribution in [0, 0.1) is 0 Å². The molecule has 1 aromatic heterocycles. The van der Waals surface area contributed by atoms with Gasteiger partial charge in [0.15, 0.2) is 4.32 Å². The standard InChI is InChI=1S/C21H10Cl3NO4S2/c22-11-2-5-16(15(24)8-11)25-19(26)18(31-21(25)30)9-12-3-6-17(29-12)10-1-4-14(23)13(7-10)20(27)28/h1-9H,(H,27,28)/b18-9-. The second-order valence-electron chi connectivity index (χ2n) is 6.31. The van der Waals surface area contributed by atoms with Gasteiger partial charge in [-0.05, 0) is 48.5 Å². The number of furan rings is 1. The van der Waals surface area contributed by atoms with Gasteiger partial charge in [0, 0.05) is 16.7 Å². The van der Waals surface area contributed by atoms with E-state index in [1.807, 2.05) is 0 Å². The van der Waals surface area contributed by atoms with Gasteiger partial charge in [-0.25, -0.2) is 4.79 Å². The van der Waals surface area contributed by atoms with Crippen LogP contribution < -0.4 is 4.90 Å². The molecular formula is C21H10Cl3NO4S2. The molecule has 10 heteroatoms. The van der Waals surface area contributed by atoms with Gasteiger partial charge in [0.25, 0.3) is 5.91 Å². The van der Waals surface area contributed by atoms with Crippen molar-refractivity contribution in [3.8, 4) is 11.3 Å². The van der Waals surface area contributed by atoms with Crippen LogP contribution in [0.3, 0.4) is 0 Å². The first-order chi connectivity index (χ1) is 14.7. The van der Waals surface area contributed by atoms with Crippen molar-refractivity contribution in [2.45, 2.75) is 0 Å². The van der Waals surface area contributed by atoms with Crippen LogP contribution in [0.25, 0.3) is 17.4 Å². The van der Waals surface area contributed by atoms with Crippen LogP contribution in [0.4, 0.5) is 5.69 Å². The van der Waals surface area contributed by atoms with Crippen molar-refractivity contribution >= 4 is 86.7 Å². The van der Waals surface area contributed by atoms with Crippen molar-refractivity contribution in [3.63, 3.8) is 0 Å². The number of nitrogens with zero attached hydrogens (tertiary/aromatic N) is 1. The number of hydrogen-bond acceptors (Lipinski definition) is 5. The van der Waals surface area contributed by atoms with Gasteiger partial charge >= 0.3 is 5.97 Å². The van der Waals surface area contributed by atoms with Crippen molar-refractivity contribution in [3.05, 3.63) is 79.8 Å². The van der Waals surface area contributed by atoms with Crippen LogP contribution in [0.15, 0.2) is 57.9 Å². The Morgan fingerprint density at radius 3 is 2.55 bits per heavy atom. The van der Waals surface area contributed by atoms with Crippen molar-refractivity contribution in [1.29, 1.82) is 0 Å². The van der Waals surface area contributed by atoms with Gasteiger partial charge in [-0.2, -0.15) is 0 Å². The number of carboxylic acids is 1. The molecule has 0 radical (unpaired) electrons. The van der Waals surface area contributed by atoms with Crippen LogP contribution in [-0.2, 0) is 4.79 Å². The lowest BCUT2D eigenvalue weighted by Gasteiger charge is -2.16. The summed E-state index contributed by atoms with van der Waals surface area (Å²) in [6, 6.07) is 12.7. The summed E-state index contributed by atoms with van der Waals surface area (Å²) in [5.41, 5.74) is 0.958. The zero-order valence-electron chi connectivity index (χ0n) is 15.3. The summed E-state index contributed by atoms with van der Waals surface area (Å²) in [5.74, 6) is -0.633. The molecule has 0 atom stereocenters. The summed E-state index contributed by atoms with van der Waals surface area (Å²) in [6.45, 7) is 0. The van der Waals surface area contributed by atoms with Gasteiger partial charge < -0.3 is 9.52 Å². The summed E-state index contributed by atoms with van der Waals surface area (Å²) in [5, 5.41) is 10.1. The molecule has 0 unspecified atom stereocenters. The molecule has 1 amide bonds. The molecule has 31 heavy (non-hydrogen) atoms. The molecule has 1 aliphatic heterocycles. The average Bonchev–Trinajstić information content (AvgIpc) is 3.28. The Hall–Kier alpha value is -2.29. The normalized spacial score (nSPS) is 15.2. The fourth-order valence-electron chi connectivity index (χ4n) is 2.90. The summed E-state index contributed by atoms with van der Waals surface area (Å²) < 4.78 is 6.12. The minimum atomic E-state index is -1.14. The van der Waals surface area contributed by atoms with Gasteiger partial charge in [-0.15, -0.1) is 0 Å². The molecule has 3 aromatic rings. The quantitative estimate of drug-likeness (QED) is 0.301. The predicted octanol–water partition coefficient (Wildman–Crippen LogP) is 7.01. The smallest absolute Gasteiger partial charge is 0.337 e. The number of carbonyl (C=O) groups is 2. The van der Waals surface area contributed by atoms with E-state index in [0.29, 0.717) is 42.0 Å². The Labute approximate surface area is 201 Å². The minimum absolute atomic E-state index is 0.0298. The summed E-state index contributed by atoms with van der Waals surface area (Å²) >= 11 is 24.6. The highest BCUT2D eigenvalue weighted by Gasteiger charge is 2.34. The van der Waals surface area contributed by atoms with Gasteiger partial charge in [0.1, 0.15) is 11.5 Å². The maximum absolute atomic E-state index is 12.9. The molecule has 1 aliphatic rings. The first-order valence-corrected chi connectivity index (χ1v) is 11.0. The third kappa shape index (κ3) is 4.37. The molecule has 1 saturated heterocycles. The Morgan fingerprint density at radius 1 is 1.06 bits per heavy atom. The molecule has 0 spiro atoms. The average molecular weight is 511 g/mol. The van der Waals surface area contributed by atoms with Crippen molar-refractivity contribution in [2.75, 3.05) is 4.90 Å².